The smallest absolute Gasteiger partial charge is 0.250 e. The van der Waals surface area contributed by atoms with Gasteiger partial charge < -0.3 is 9.47 Å². The van der Waals surface area contributed by atoms with Gasteiger partial charge in [-0.3, -0.25) is 10.1 Å². The van der Waals surface area contributed by atoms with E-state index in [0.29, 0.717) is 16.6 Å². The molecule has 29 heavy (non-hydrogen) atoms. The Labute approximate surface area is 182 Å². The van der Waals surface area contributed by atoms with E-state index in [2.05, 4.69) is 33.2 Å². The van der Waals surface area contributed by atoms with E-state index in [1.807, 2.05) is 36.4 Å². The molecule has 0 unspecified atom stereocenters. The third kappa shape index (κ3) is 5.25. The number of carbonyl (C=O) groups is 1. The lowest BCUT2D eigenvalue weighted by molar-refractivity contribution is -0.111. The number of aromatic nitrogens is 1. The molecule has 7 heteroatoms. The van der Waals surface area contributed by atoms with Crippen LogP contribution < -0.4 is 14.8 Å². The number of benzene rings is 2. The van der Waals surface area contributed by atoms with Crippen LogP contribution in [0.5, 0.6) is 11.5 Å². The first kappa shape index (κ1) is 21.1. The predicted octanol–water partition coefficient (Wildman–Crippen LogP) is 5.80. The van der Waals surface area contributed by atoms with Crippen molar-refractivity contribution in [1.29, 1.82) is 0 Å². The number of rotatable bonds is 7. The van der Waals surface area contributed by atoms with Crippen molar-refractivity contribution in [3.8, 4) is 22.8 Å². The third-order valence-electron chi connectivity index (χ3n) is 4.20. The van der Waals surface area contributed by atoms with Crippen molar-refractivity contribution in [2.24, 2.45) is 0 Å². The average molecular weight is 473 g/mol. The number of carbonyl (C=O) groups excluding carboxylic acids is 1. The standard InChI is InChI=1S/C22H21BrN2O3S/c1-4-19-21(15-7-9-16(23)10-8-15)25-22(29-19)24-20(26)12-6-14-5-11-17(27-2)18(13-14)28-3/h5-13H,4H2,1-3H3,(H,24,25,26)/b12-6+. The number of amides is 1. The summed E-state index contributed by atoms with van der Waals surface area (Å²) in [5.74, 6) is 1.02. The minimum atomic E-state index is -0.237. The minimum absolute atomic E-state index is 0.237. The van der Waals surface area contributed by atoms with E-state index in [-0.39, 0.29) is 5.91 Å². The van der Waals surface area contributed by atoms with Gasteiger partial charge in [-0.25, -0.2) is 4.98 Å². The minimum Gasteiger partial charge on any atom is -0.493 e. The zero-order valence-corrected chi connectivity index (χ0v) is 18.8. The molecule has 1 N–H and O–H groups in total. The molecule has 1 heterocycles. The quantitative estimate of drug-likeness (QED) is 0.441. The topological polar surface area (TPSA) is 60.5 Å². The second kappa shape index (κ2) is 9.71. The Balaban J connectivity index is 1.74. The zero-order valence-electron chi connectivity index (χ0n) is 16.4. The molecule has 0 spiro atoms. The predicted molar refractivity (Wildman–Crippen MR) is 122 cm³/mol. The molecule has 0 radical (unpaired) electrons. The Morgan fingerprint density at radius 3 is 2.52 bits per heavy atom. The first-order valence-corrected chi connectivity index (χ1v) is 10.6. The van der Waals surface area contributed by atoms with Gasteiger partial charge >= 0.3 is 0 Å². The van der Waals surface area contributed by atoms with Crippen LogP contribution in [-0.2, 0) is 11.2 Å². The van der Waals surface area contributed by atoms with Crippen molar-refractivity contribution in [2.75, 3.05) is 19.5 Å². The summed E-state index contributed by atoms with van der Waals surface area (Å²) in [4.78, 5) is 18.1. The summed E-state index contributed by atoms with van der Waals surface area (Å²) in [6.07, 6.45) is 4.05. The van der Waals surface area contributed by atoms with Crippen LogP contribution >= 0.6 is 27.3 Å². The molecule has 150 valence electrons. The highest BCUT2D eigenvalue weighted by molar-refractivity contribution is 9.10. The van der Waals surface area contributed by atoms with E-state index in [1.54, 1.807) is 26.4 Å². The summed E-state index contributed by atoms with van der Waals surface area (Å²) in [5.41, 5.74) is 2.77. The molecular formula is C22H21BrN2O3S. The Kier molecular flexibility index (Phi) is 7.06. The SMILES string of the molecule is CCc1sc(NC(=O)/C=C/c2ccc(OC)c(OC)c2)nc1-c1ccc(Br)cc1. The number of ether oxygens (including phenoxy) is 2. The summed E-state index contributed by atoms with van der Waals surface area (Å²) in [6, 6.07) is 13.5. The average Bonchev–Trinajstić information content (AvgIpc) is 3.15. The summed E-state index contributed by atoms with van der Waals surface area (Å²) < 4.78 is 11.5. The number of methoxy groups -OCH3 is 2. The molecule has 5 nitrogen and oxygen atoms in total. The van der Waals surface area contributed by atoms with Crippen LogP contribution in [0.3, 0.4) is 0 Å². The largest absolute Gasteiger partial charge is 0.493 e. The summed E-state index contributed by atoms with van der Waals surface area (Å²) in [7, 11) is 3.16. The fourth-order valence-corrected chi connectivity index (χ4v) is 3.94. The highest BCUT2D eigenvalue weighted by atomic mass is 79.9. The number of nitrogens with one attached hydrogen (secondary N) is 1. The van der Waals surface area contributed by atoms with Gasteiger partial charge in [0.2, 0.25) is 5.91 Å². The molecule has 0 saturated heterocycles. The lowest BCUT2D eigenvalue weighted by Crippen LogP contribution is -2.07. The van der Waals surface area contributed by atoms with Gasteiger partial charge in [-0.2, -0.15) is 0 Å². The third-order valence-corrected chi connectivity index (χ3v) is 5.84. The fourth-order valence-electron chi connectivity index (χ4n) is 2.75. The summed E-state index contributed by atoms with van der Waals surface area (Å²) in [6.45, 7) is 2.08. The molecule has 1 amide bonds. The second-order valence-corrected chi connectivity index (χ2v) is 8.09. The lowest BCUT2D eigenvalue weighted by Gasteiger charge is -2.07. The zero-order chi connectivity index (χ0) is 20.8. The molecule has 0 atom stereocenters. The second-order valence-electron chi connectivity index (χ2n) is 6.09. The molecule has 2 aromatic carbocycles. The Morgan fingerprint density at radius 2 is 1.86 bits per heavy atom. The van der Waals surface area contributed by atoms with Crippen LogP contribution in [0, 0.1) is 0 Å². The van der Waals surface area contributed by atoms with Gasteiger partial charge in [0, 0.05) is 21.0 Å². The molecule has 3 aromatic rings. The number of aryl methyl sites for hydroxylation is 1. The Bertz CT molecular complexity index is 1030. The van der Waals surface area contributed by atoms with Gasteiger partial charge in [-0.1, -0.05) is 41.1 Å². The van der Waals surface area contributed by atoms with Gasteiger partial charge in [-0.05, 0) is 42.3 Å². The number of hydrogen-bond donors (Lipinski definition) is 1. The molecule has 0 aliphatic carbocycles. The summed E-state index contributed by atoms with van der Waals surface area (Å²) in [5, 5.41) is 3.44. The van der Waals surface area contributed by atoms with Crippen molar-refractivity contribution in [2.45, 2.75) is 13.3 Å². The number of hydrogen-bond acceptors (Lipinski definition) is 5. The van der Waals surface area contributed by atoms with Crippen LogP contribution in [0.1, 0.15) is 17.4 Å². The van der Waals surface area contributed by atoms with Crippen molar-refractivity contribution < 1.29 is 14.3 Å². The maximum atomic E-state index is 12.4. The van der Waals surface area contributed by atoms with Gasteiger partial charge in [0.1, 0.15) is 0 Å². The molecule has 0 aliphatic heterocycles. The molecule has 1 aromatic heterocycles. The van der Waals surface area contributed by atoms with Crippen molar-refractivity contribution in [3.63, 3.8) is 0 Å². The van der Waals surface area contributed by atoms with Crippen LogP contribution in [-0.4, -0.2) is 25.1 Å². The molecular weight excluding hydrogens is 452 g/mol. The van der Waals surface area contributed by atoms with E-state index in [9.17, 15) is 4.79 Å². The highest BCUT2D eigenvalue weighted by Gasteiger charge is 2.13. The van der Waals surface area contributed by atoms with Gasteiger partial charge in [0.25, 0.3) is 0 Å². The number of thiazole rings is 1. The molecule has 0 bridgehead atoms. The maximum absolute atomic E-state index is 12.4. The molecule has 0 fully saturated rings. The number of anilines is 1. The normalized spacial score (nSPS) is 10.9. The van der Waals surface area contributed by atoms with Crippen molar-refractivity contribution >= 4 is 44.4 Å². The Morgan fingerprint density at radius 1 is 1.14 bits per heavy atom. The fraction of sp³-hybridized carbons (Fsp3) is 0.182. The lowest BCUT2D eigenvalue weighted by atomic mass is 10.1. The van der Waals surface area contributed by atoms with Crippen LogP contribution in [0.4, 0.5) is 5.13 Å². The van der Waals surface area contributed by atoms with E-state index in [0.717, 1.165) is 32.6 Å². The van der Waals surface area contributed by atoms with E-state index in [1.165, 1.54) is 17.4 Å². The first-order chi connectivity index (χ1) is 14.0. The van der Waals surface area contributed by atoms with E-state index >= 15 is 0 Å². The molecule has 0 saturated carbocycles. The monoisotopic (exact) mass is 472 g/mol. The van der Waals surface area contributed by atoms with Gasteiger partial charge in [0.05, 0.1) is 19.9 Å². The van der Waals surface area contributed by atoms with E-state index in [4.69, 9.17) is 9.47 Å². The number of nitrogens with zero attached hydrogens (tertiary/aromatic N) is 1. The van der Waals surface area contributed by atoms with Gasteiger partial charge in [-0.15, -0.1) is 11.3 Å². The molecule has 0 aliphatic rings. The summed E-state index contributed by atoms with van der Waals surface area (Å²) >= 11 is 4.94. The van der Waals surface area contributed by atoms with E-state index < -0.39 is 0 Å². The number of halogens is 1. The first-order valence-electron chi connectivity index (χ1n) is 9.00. The van der Waals surface area contributed by atoms with Crippen LogP contribution in [0.2, 0.25) is 0 Å². The van der Waals surface area contributed by atoms with Crippen LogP contribution in [0.15, 0.2) is 53.0 Å². The van der Waals surface area contributed by atoms with Gasteiger partial charge in [0.15, 0.2) is 16.6 Å². The maximum Gasteiger partial charge on any atom is 0.250 e. The van der Waals surface area contributed by atoms with Crippen LogP contribution in [0.25, 0.3) is 17.3 Å². The molecule has 3 rings (SSSR count). The highest BCUT2D eigenvalue weighted by Crippen LogP contribution is 2.32. The van der Waals surface area contributed by atoms with Crippen molar-refractivity contribution in [3.05, 3.63) is 63.5 Å². The van der Waals surface area contributed by atoms with Crippen molar-refractivity contribution in [1.82, 2.24) is 4.98 Å². The Hall–Kier alpha value is -2.64.